The number of para-hydroxylation sites is 1. The van der Waals surface area contributed by atoms with Gasteiger partial charge in [0.25, 0.3) is 5.91 Å². The lowest BCUT2D eigenvalue weighted by atomic mass is 9.82. The molecule has 1 aliphatic heterocycles. The van der Waals surface area contributed by atoms with E-state index >= 15 is 0 Å². The molecule has 2 aliphatic carbocycles. The van der Waals surface area contributed by atoms with Gasteiger partial charge in [0.05, 0.1) is 23.1 Å². The number of anilines is 1. The number of imide groups is 1. The summed E-state index contributed by atoms with van der Waals surface area (Å²) < 4.78 is 0. The first-order chi connectivity index (χ1) is 13.5. The van der Waals surface area contributed by atoms with Gasteiger partial charge in [0.1, 0.15) is 0 Å². The second-order valence-electron chi connectivity index (χ2n) is 8.44. The highest BCUT2D eigenvalue weighted by Gasteiger charge is 2.49. The summed E-state index contributed by atoms with van der Waals surface area (Å²) in [6.07, 6.45) is 8.83. The Kier molecular flexibility index (Phi) is 5.09. The Hall–Kier alpha value is -2.43. The molecule has 3 aliphatic rings. The molecule has 5 nitrogen and oxygen atoms in total. The van der Waals surface area contributed by atoms with E-state index in [-0.39, 0.29) is 35.6 Å². The molecule has 5 heteroatoms. The summed E-state index contributed by atoms with van der Waals surface area (Å²) in [7, 11) is 1.84. The van der Waals surface area contributed by atoms with Crippen molar-refractivity contribution >= 4 is 23.4 Å². The third-order valence-corrected chi connectivity index (χ3v) is 6.64. The van der Waals surface area contributed by atoms with Crippen LogP contribution < -0.4 is 4.90 Å². The number of benzene rings is 1. The zero-order valence-electron chi connectivity index (χ0n) is 16.7. The highest BCUT2D eigenvalue weighted by atomic mass is 16.2. The number of rotatable bonds is 3. The first kappa shape index (κ1) is 18.9. The summed E-state index contributed by atoms with van der Waals surface area (Å²) in [6, 6.07) is 7.29. The van der Waals surface area contributed by atoms with Gasteiger partial charge in [0.15, 0.2) is 0 Å². The van der Waals surface area contributed by atoms with Crippen molar-refractivity contribution in [2.75, 3.05) is 11.9 Å². The Morgan fingerprint density at radius 2 is 1.71 bits per heavy atom. The maximum atomic E-state index is 13.3. The number of carbonyl (C=O) groups is 3. The van der Waals surface area contributed by atoms with Crippen molar-refractivity contribution in [3.8, 4) is 0 Å². The molecular weight excluding hydrogens is 352 g/mol. The summed E-state index contributed by atoms with van der Waals surface area (Å²) in [5, 5.41) is 0. The molecule has 0 radical (unpaired) electrons. The largest absolute Gasteiger partial charge is 0.339 e. The molecule has 3 amide bonds. The van der Waals surface area contributed by atoms with Gasteiger partial charge >= 0.3 is 0 Å². The van der Waals surface area contributed by atoms with Gasteiger partial charge in [0.2, 0.25) is 11.8 Å². The lowest BCUT2D eigenvalue weighted by Gasteiger charge is -2.32. The molecule has 1 aromatic carbocycles. The molecule has 0 spiro atoms. The Balaban J connectivity index is 1.64. The molecule has 148 valence electrons. The molecule has 0 unspecified atom stereocenters. The van der Waals surface area contributed by atoms with Gasteiger partial charge in [-0.05, 0) is 44.7 Å². The molecule has 0 aromatic heterocycles. The van der Waals surface area contributed by atoms with Crippen molar-refractivity contribution in [2.45, 2.75) is 57.9 Å². The SMILES string of the molecule is CC1=CC[C@H]2C(=O)N(c3ccccc3C(=O)N(C)C3CCCCC3)C(=O)[C@H]2C1. The van der Waals surface area contributed by atoms with Crippen LogP contribution in [0.4, 0.5) is 5.69 Å². The van der Waals surface area contributed by atoms with Crippen LogP contribution in [0.15, 0.2) is 35.9 Å². The smallest absolute Gasteiger partial charge is 0.255 e. The lowest BCUT2D eigenvalue weighted by Crippen LogP contribution is -2.40. The van der Waals surface area contributed by atoms with Gasteiger partial charge in [0, 0.05) is 13.1 Å². The molecule has 1 aromatic rings. The molecule has 0 N–H and O–H groups in total. The minimum atomic E-state index is -0.296. The van der Waals surface area contributed by atoms with E-state index < -0.39 is 0 Å². The van der Waals surface area contributed by atoms with E-state index in [0.717, 1.165) is 31.3 Å². The van der Waals surface area contributed by atoms with E-state index in [0.29, 0.717) is 24.1 Å². The molecular formula is C23H28N2O3. The first-order valence-electron chi connectivity index (χ1n) is 10.4. The van der Waals surface area contributed by atoms with Gasteiger partial charge < -0.3 is 4.90 Å². The third-order valence-electron chi connectivity index (χ3n) is 6.64. The van der Waals surface area contributed by atoms with Crippen LogP contribution in [0, 0.1) is 11.8 Å². The van der Waals surface area contributed by atoms with E-state index in [1.165, 1.54) is 11.3 Å². The fraction of sp³-hybridized carbons (Fsp3) is 0.522. The zero-order chi connectivity index (χ0) is 19.8. The summed E-state index contributed by atoms with van der Waals surface area (Å²) in [5.74, 6) is -1.03. The normalized spacial score (nSPS) is 25.5. The number of nitrogens with zero attached hydrogens (tertiary/aromatic N) is 2. The van der Waals surface area contributed by atoms with Crippen LogP contribution in [0.5, 0.6) is 0 Å². The van der Waals surface area contributed by atoms with E-state index in [9.17, 15) is 14.4 Å². The second-order valence-corrected chi connectivity index (χ2v) is 8.44. The van der Waals surface area contributed by atoms with Crippen LogP contribution in [0.2, 0.25) is 0 Å². The summed E-state index contributed by atoms with van der Waals surface area (Å²) in [5.41, 5.74) is 2.04. The topological polar surface area (TPSA) is 57.7 Å². The van der Waals surface area contributed by atoms with Crippen LogP contribution in [0.1, 0.15) is 62.2 Å². The van der Waals surface area contributed by atoms with Crippen LogP contribution in [0.3, 0.4) is 0 Å². The van der Waals surface area contributed by atoms with E-state index in [1.54, 1.807) is 24.3 Å². The van der Waals surface area contributed by atoms with Gasteiger partial charge in [-0.15, -0.1) is 0 Å². The molecule has 4 rings (SSSR count). The number of hydrogen-bond donors (Lipinski definition) is 0. The van der Waals surface area contributed by atoms with Crippen LogP contribution >= 0.6 is 0 Å². The number of carbonyl (C=O) groups excluding carboxylic acids is 3. The van der Waals surface area contributed by atoms with E-state index in [2.05, 4.69) is 6.08 Å². The molecule has 28 heavy (non-hydrogen) atoms. The fourth-order valence-corrected chi connectivity index (χ4v) is 4.95. The molecule has 1 heterocycles. The van der Waals surface area contributed by atoms with Crippen LogP contribution in [0.25, 0.3) is 0 Å². The van der Waals surface area contributed by atoms with Crippen molar-refractivity contribution in [2.24, 2.45) is 11.8 Å². The van der Waals surface area contributed by atoms with Gasteiger partial charge in [-0.3, -0.25) is 14.4 Å². The van der Waals surface area contributed by atoms with Crippen molar-refractivity contribution < 1.29 is 14.4 Å². The number of amides is 3. The van der Waals surface area contributed by atoms with Crippen molar-refractivity contribution in [1.29, 1.82) is 0 Å². The summed E-state index contributed by atoms with van der Waals surface area (Å²) in [4.78, 5) is 42.5. The predicted octanol–water partition coefficient (Wildman–Crippen LogP) is 3.94. The van der Waals surface area contributed by atoms with Crippen molar-refractivity contribution in [3.05, 3.63) is 41.5 Å². The molecule has 1 saturated heterocycles. The quantitative estimate of drug-likeness (QED) is 0.590. The minimum Gasteiger partial charge on any atom is -0.339 e. The molecule has 2 fully saturated rings. The fourth-order valence-electron chi connectivity index (χ4n) is 4.95. The first-order valence-corrected chi connectivity index (χ1v) is 10.4. The van der Waals surface area contributed by atoms with Crippen LogP contribution in [-0.2, 0) is 9.59 Å². The number of allylic oxidation sites excluding steroid dienone is 2. The van der Waals surface area contributed by atoms with Gasteiger partial charge in [-0.2, -0.15) is 0 Å². The Morgan fingerprint density at radius 3 is 2.46 bits per heavy atom. The third kappa shape index (κ3) is 3.17. The lowest BCUT2D eigenvalue weighted by molar-refractivity contribution is -0.122. The minimum absolute atomic E-state index is 0.104. The monoisotopic (exact) mass is 380 g/mol. The average molecular weight is 380 g/mol. The molecule has 1 saturated carbocycles. The Bertz CT molecular complexity index is 838. The second kappa shape index (κ2) is 7.53. The summed E-state index contributed by atoms with van der Waals surface area (Å²) in [6.45, 7) is 2.01. The van der Waals surface area contributed by atoms with E-state index in [1.807, 2.05) is 18.9 Å². The number of fused-ring (bicyclic) bond motifs is 1. The van der Waals surface area contributed by atoms with Gasteiger partial charge in [-0.25, -0.2) is 4.90 Å². The predicted molar refractivity (Wildman–Crippen MR) is 108 cm³/mol. The average Bonchev–Trinajstić information content (AvgIpc) is 2.97. The highest BCUT2D eigenvalue weighted by molar-refractivity contribution is 6.24. The zero-order valence-corrected chi connectivity index (χ0v) is 16.7. The summed E-state index contributed by atoms with van der Waals surface area (Å²) >= 11 is 0. The van der Waals surface area contributed by atoms with Crippen LogP contribution in [-0.4, -0.2) is 35.7 Å². The molecule has 2 atom stereocenters. The van der Waals surface area contributed by atoms with Crippen molar-refractivity contribution in [1.82, 2.24) is 4.90 Å². The van der Waals surface area contributed by atoms with E-state index in [4.69, 9.17) is 0 Å². The Morgan fingerprint density at radius 1 is 1.04 bits per heavy atom. The maximum Gasteiger partial charge on any atom is 0.255 e. The Labute approximate surface area is 166 Å². The highest BCUT2D eigenvalue weighted by Crippen LogP contribution is 2.40. The maximum absolute atomic E-state index is 13.3. The number of hydrogen-bond acceptors (Lipinski definition) is 3. The molecule has 0 bridgehead atoms. The van der Waals surface area contributed by atoms with Crippen molar-refractivity contribution in [3.63, 3.8) is 0 Å². The standard InChI is InChI=1S/C23H28N2O3/c1-15-12-13-17-19(14-15)23(28)25(22(17)27)20-11-7-6-10-18(20)21(26)24(2)16-8-4-3-5-9-16/h6-7,10-12,16-17,19H,3-5,8-9,13-14H2,1-2H3/t17-,19+/m1/s1. The van der Waals surface area contributed by atoms with Gasteiger partial charge in [-0.1, -0.05) is 43.0 Å².